The zero-order valence-corrected chi connectivity index (χ0v) is 23.6. The molecule has 0 aromatic carbocycles. The number of cyclic esters (lactones) is 1. The highest BCUT2D eigenvalue weighted by Gasteiger charge is 2.69. The van der Waals surface area contributed by atoms with E-state index in [-0.39, 0.29) is 23.7 Å². The lowest BCUT2D eigenvalue weighted by molar-refractivity contribution is -0.251. The summed E-state index contributed by atoms with van der Waals surface area (Å²) in [7, 11) is 0. The highest BCUT2D eigenvalue weighted by atomic mass is 16.6. The molecule has 214 valence electrons. The van der Waals surface area contributed by atoms with Gasteiger partial charge in [-0.3, -0.25) is 9.97 Å². The fraction of sp³-hybridized carbons (Fsp3) is 0.406. The molecule has 1 aliphatic heterocycles. The first kappa shape index (κ1) is 28.4. The van der Waals surface area contributed by atoms with E-state index >= 15 is 0 Å². The Hall–Kier alpha value is -4.11. The summed E-state index contributed by atoms with van der Waals surface area (Å²) in [5, 5.41) is 12.5. The van der Waals surface area contributed by atoms with Crippen LogP contribution in [-0.4, -0.2) is 57.4 Å². The number of rotatable bonds is 6. The summed E-state index contributed by atoms with van der Waals surface area (Å²) >= 11 is 0. The first-order valence-electron chi connectivity index (χ1n) is 13.7. The standard InChI is InChI=1S/C32H34N2O7/c1-20-8-5-11-24-30(2,13-12-21-16-25(35)39-19-21)32(4,38)27(41-29(37)23-10-7-15-34-18-23)26(31(20,24)3)40-28(36)22-9-6-14-33-17-22/h6-10,12-18,24,26-27,38H,5,11,19H2,1-4H3/b13-12+/t24-,26+,27+,30-,31+,32+/m1/s1. The molecule has 0 spiro atoms. The van der Waals surface area contributed by atoms with Gasteiger partial charge in [-0.05, 0) is 62.4 Å². The van der Waals surface area contributed by atoms with Gasteiger partial charge < -0.3 is 19.3 Å². The van der Waals surface area contributed by atoms with Crippen LogP contribution in [0.3, 0.4) is 0 Å². The fourth-order valence-corrected chi connectivity index (χ4v) is 6.62. The van der Waals surface area contributed by atoms with Gasteiger partial charge in [0.25, 0.3) is 0 Å². The summed E-state index contributed by atoms with van der Waals surface area (Å²) in [6.45, 7) is 7.65. The number of aromatic nitrogens is 2. The number of fused-ring (bicyclic) bond motifs is 1. The molecule has 0 unspecified atom stereocenters. The lowest BCUT2D eigenvalue weighted by Crippen LogP contribution is -2.72. The molecule has 3 heterocycles. The minimum Gasteiger partial charge on any atom is -0.458 e. The van der Waals surface area contributed by atoms with Crippen LogP contribution in [0.4, 0.5) is 0 Å². The Morgan fingerprint density at radius 3 is 2.17 bits per heavy atom. The maximum atomic E-state index is 13.5. The van der Waals surface area contributed by atoms with E-state index in [4.69, 9.17) is 14.2 Å². The molecule has 0 bridgehead atoms. The van der Waals surface area contributed by atoms with Gasteiger partial charge in [-0.1, -0.05) is 37.6 Å². The molecule has 5 rings (SSSR count). The number of carbonyl (C=O) groups is 3. The lowest BCUT2D eigenvalue weighted by atomic mass is 9.44. The van der Waals surface area contributed by atoms with Crippen molar-refractivity contribution >= 4 is 17.9 Å². The van der Waals surface area contributed by atoms with Crippen molar-refractivity contribution < 1.29 is 33.7 Å². The van der Waals surface area contributed by atoms with Gasteiger partial charge in [-0.2, -0.15) is 0 Å². The van der Waals surface area contributed by atoms with Crippen LogP contribution in [0.1, 0.15) is 61.3 Å². The van der Waals surface area contributed by atoms with Crippen LogP contribution in [0, 0.1) is 16.7 Å². The predicted molar refractivity (Wildman–Crippen MR) is 148 cm³/mol. The Morgan fingerprint density at radius 2 is 1.63 bits per heavy atom. The second-order valence-corrected chi connectivity index (χ2v) is 11.5. The summed E-state index contributed by atoms with van der Waals surface area (Å²) in [6.07, 6.45) is 12.2. The van der Waals surface area contributed by atoms with E-state index in [0.29, 0.717) is 12.0 Å². The zero-order chi connectivity index (χ0) is 29.4. The fourth-order valence-electron chi connectivity index (χ4n) is 6.62. The van der Waals surface area contributed by atoms with E-state index < -0.39 is 46.5 Å². The zero-order valence-electron chi connectivity index (χ0n) is 23.6. The molecule has 2 aromatic heterocycles. The Bertz CT molecular complexity index is 1430. The van der Waals surface area contributed by atoms with Crippen molar-refractivity contribution in [1.82, 2.24) is 9.97 Å². The number of pyridine rings is 2. The topological polar surface area (TPSA) is 125 Å². The third kappa shape index (κ3) is 4.88. The van der Waals surface area contributed by atoms with Crippen molar-refractivity contribution in [3.8, 4) is 0 Å². The molecule has 3 aliphatic rings. The minimum absolute atomic E-state index is 0.138. The molecule has 0 radical (unpaired) electrons. The van der Waals surface area contributed by atoms with E-state index in [1.807, 2.05) is 26.8 Å². The molecule has 2 aliphatic carbocycles. The normalized spacial score (nSPS) is 32.9. The van der Waals surface area contributed by atoms with Crippen molar-refractivity contribution in [1.29, 1.82) is 0 Å². The van der Waals surface area contributed by atoms with Crippen LogP contribution in [0.15, 0.2) is 84.5 Å². The first-order chi connectivity index (χ1) is 19.5. The minimum atomic E-state index is -1.72. The largest absolute Gasteiger partial charge is 0.458 e. The second-order valence-electron chi connectivity index (χ2n) is 11.5. The van der Waals surface area contributed by atoms with Gasteiger partial charge in [0.15, 0.2) is 12.2 Å². The molecule has 0 amide bonds. The number of nitrogens with zero attached hydrogens (tertiary/aromatic N) is 2. The van der Waals surface area contributed by atoms with Gasteiger partial charge in [-0.15, -0.1) is 0 Å². The summed E-state index contributed by atoms with van der Waals surface area (Å²) < 4.78 is 17.4. The molecule has 1 fully saturated rings. The van der Waals surface area contributed by atoms with Gasteiger partial charge in [0.05, 0.1) is 11.1 Å². The van der Waals surface area contributed by atoms with Gasteiger partial charge >= 0.3 is 17.9 Å². The number of carbonyl (C=O) groups excluding carboxylic acids is 3. The molecule has 1 N–H and O–H groups in total. The summed E-state index contributed by atoms with van der Waals surface area (Å²) in [4.78, 5) is 46.7. The number of aliphatic hydroxyl groups is 1. The highest BCUT2D eigenvalue weighted by molar-refractivity contribution is 5.90. The lowest BCUT2D eigenvalue weighted by Gasteiger charge is -2.64. The van der Waals surface area contributed by atoms with Crippen LogP contribution >= 0.6 is 0 Å². The smallest absolute Gasteiger partial charge is 0.340 e. The molecular weight excluding hydrogens is 524 g/mol. The van der Waals surface area contributed by atoms with Crippen molar-refractivity contribution in [2.45, 2.75) is 58.3 Å². The predicted octanol–water partition coefficient (Wildman–Crippen LogP) is 4.40. The molecule has 1 saturated carbocycles. The van der Waals surface area contributed by atoms with Crippen molar-refractivity contribution in [3.63, 3.8) is 0 Å². The van der Waals surface area contributed by atoms with Gasteiger partial charge in [0.2, 0.25) is 0 Å². The van der Waals surface area contributed by atoms with Crippen molar-refractivity contribution in [2.75, 3.05) is 6.61 Å². The number of esters is 3. The Kier molecular flexibility index (Phi) is 7.42. The quantitative estimate of drug-likeness (QED) is 0.312. The highest BCUT2D eigenvalue weighted by Crippen LogP contribution is 2.63. The third-order valence-electron chi connectivity index (χ3n) is 9.30. The van der Waals surface area contributed by atoms with Crippen LogP contribution in [0.5, 0.6) is 0 Å². The maximum absolute atomic E-state index is 13.5. The average Bonchev–Trinajstić information content (AvgIpc) is 3.39. The molecule has 6 atom stereocenters. The van der Waals surface area contributed by atoms with Crippen molar-refractivity contribution in [3.05, 3.63) is 95.6 Å². The SMILES string of the molecule is CC1=CCC[C@H]2[C@@]1(C)[C@@H](OC(=O)c1cccnc1)[C@H](OC(=O)c1cccnc1)[C@](C)(O)[C@]2(C)/C=C/C1=CC(=O)OC1. The molecular formula is C32H34N2O7. The molecule has 41 heavy (non-hydrogen) atoms. The van der Waals surface area contributed by atoms with Crippen LogP contribution in [0.2, 0.25) is 0 Å². The van der Waals surface area contributed by atoms with Crippen molar-refractivity contribution in [2.24, 2.45) is 16.7 Å². The number of allylic oxidation sites excluding steroid dienone is 1. The summed E-state index contributed by atoms with van der Waals surface area (Å²) in [5.74, 6) is -1.98. The van der Waals surface area contributed by atoms with Crippen LogP contribution in [-0.2, 0) is 19.0 Å². The van der Waals surface area contributed by atoms with E-state index in [1.54, 1.807) is 49.7 Å². The average molecular weight is 559 g/mol. The number of ether oxygens (including phenoxy) is 3. The Labute approximate surface area is 238 Å². The number of hydrogen-bond acceptors (Lipinski definition) is 9. The summed E-state index contributed by atoms with van der Waals surface area (Å²) in [5.41, 5.74) is -1.44. The third-order valence-corrected chi connectivity index (χ3v) is 9.30. The van der Waals surface area contributed by atoms with Crippen LogP contribution < -0.4 is 0 Å². The molecule has 9 nitrogen and oxygen atoms in total. The van der Waals surface area contributed by atoms with E-state index in [1.165, 1.54) is 18.5 Å². The molecule has 9 heteroatoms. The first-order valence-corrected chi connectivity index (χ1v) is 13.7. The Balaban J connectivity index is 1.64. The molecule has 0 saturated heterocycles. The van der Waals surface area contributed by atoms with E-state index in [0.717, 1.165) is 12.0 Å². The Morgan fingerprint density at radius 1 is 1.02 bits per heavy atom. The van der Waals surface area contributed by atoms with Gasteiger partial charge in [0.1, 0.15) is 12.2 Å². The van der Waals surface area contributed by atoms with E-state index in [9.17, 15) is 19.5 Å². The molecule has 2 aromatic rings. The maximum Gasteiger partial charge on any atom is 0.340 e. The number of hydrogen-bond donors (Lipinski definition) is 1. The second kappa shape index (κ2) is 10.7. The van der Waals surface area contributed by atoms with Gasteiger partial charge in [0, 0.05) is 41.7 Å². The monoisotopic (exact) mass is 558 g/mol. The van der Waals surface area contributed by atoms with Gasteiger partial charge in [-0.25, -0.2) is 14.4 Å². The van der Waals surface area contributed by atoms with E-state index in [2.05, 4.69) is 16.0 Å². The van der Waals surface area contributed by atoms with Crippen LogP contribution in [0.25, 0.3) is 0 Å². The summed E-state index contributed by atoms with van der Waals surface area (Å²) in [6, 6.07) is 6.43.